The molecule has 0 saturated carbocycles. The van der Waals surface area contributed by atoms with Gasteiger partial charge in [-0.25, -0.2) is 4.39 Å². The van der Waals surface area contributed by atoms with Gasteiger partial charge in [0.05, 0.1) is 13.0 Å². The highest BCUT2D eigenvalue weighted by Crippen LogP contribution is 2.12. The minimum atomic E-state index is -0.423. The zero-order valence-corrected chi connectivity index (χ0v) is 13.0. The number of hydrogen-bond donors (Lipinski definition) is 1. The molecule has 0 aliphatic rings. The van der Waals surface area contributed by atoms with Gasteiger partial charge in [0.25, 0.3) is 0 Å². The number of nitrogens with one attached hydrogen (secondary N) is 1. The third kappa shape index (κ3) is 4.64. The number of anilines is 1. The molecule has 23 heavy (non-hydrogen) atoms. The van der Waals surface area contributed by atoms with Crippen LogP contribution in [0.1, 0.15) is 12.5 Å². The second kappa shape index (κ2) is 8.08. The number of carbonyl (C=O) groups is 2. The van der Waals surface area contributed by atoms with Crippen molar-refractivity contribution in [2.75, 3.05) is 18.0 Å². The molecule has 0 spiro atoms. The summed E-state index contributed by atoms with van der Waals surface area (Å²) in [4.78, 5) is 25.7. The van der Waals surface area contributed by atoms with E-state index in [4.69, 9.17) is 0 Å². The smallest absolute Gasteiger partial charge is 0.246 e. The van der Waals surface area contributed by atoms with Gasteiger partial charge in [0, 0.05) is 12.2 Å². The first-order chi connectivity index (χ1) is 11.1. The summed E-state index contributed by atoms with van der Waals surface area (Å²) in [7, 11) is 0. The third-order valence-electron chi connectivity index (χ3n) is 3.43. The first-order valence-corrected chi connectivity index (χ1v) is 7.47. The number of hydrogen-bond acceptors (Lipinski definition) is 2. The van der Waals surface area contributed by atoms with Crippen molar-refractivity contribution in [3.63, 3.8) is 0 Å². The number of halogens is 1. The van der Waals surface area contributed by atoms with Crippen LogP contribution in [0.25, 0.3) is 0 Å². The molecule has 2 aromatic rings. The minimum absolute atomic E-state index is 0.0859. The maximum atomic E-state index is 13.5. The molecule has 4 nitrogen and oxygen atoms in total. The summed E-state index contributed by atoms with van der Waals surface area (Å²) >= 11 is 0. The number of benzene rings is 2. The van der Waals surface area contributed by atoms with Crippen LogP contribution in [0.2, 0.25) is 0 Å². The van der Waals surface area contributed by atoms with E-state index in [2.05, 4.69) is 5.32 Å². The van der Waals surface area contributed by atoms with Crippen molar-refractivity contribution in [1.29, 1.82) is 0 Å². The minimum Gasteiger partial charge on any atom is -0.347 e. The topological polar surface area (TPSA) is 49.4 Å². The monoisotopic (exact) mass is 314 g/mol. The van der Waals surface area contributed by atoms with E-state index in [-0.39, 0.29) is 24.8 Å². The Morgan fingerprint density at radius 2 is 1.70 bits per heavy atom. The van der Waals surface area contributed by atoms with Crippen molar-refractivity contribution < 1.29 is 14.0 Å². The van der Waals surface area contributed by atoms with Crippen LogP contribution in [0.15, 0.2) is 54.6 Å². The molecule has 2 amide bonds. The van der Waals surface area contributed by atoms with Crippen molar-refractivity contribution in [3.05, 3.63) is 66.0 Å². The van der Waals surface area contributed by atoms with Gasteiger partial charge in [0.15, 0.2) is 0 Å². The highest BCUT2D eigenvalue weighted by atomic mass is 19.1. The lowest BCUT2D eigenvalue weighted by atomic mass is 10.1. The van der Waals surface area contributed by atoms with Gasteiger partial charge in [-0.15, -0.1) is 0 Å². The molecule has 2 aromatic carbocycles. The number of likely N-dealkylation sites (N-methyl/N-ethyl adjacent to an activating group) is 1. The molecule has 0 heterocycles. The van der Waals surface area contributed by atoms with Gasteiger partial charge >= 0.3 is 0 Å². The third-order valence-corrected chi connectivity index (χ3v) is 3.43. The zero-order valence-electron chi connectivity index (χ0n) is 13.0. The molecule has 0 fully saturated rings. The number of amides is 2. The molecule has 0 bridgehead atoms. The summed E-state index contributed by atoms with van der Waals surface area (Å²) in [6, 6.07) is 15.3. The van der Waals surface area contributed by atoms with E-state index in [1.165, 1.54) is 6.07 Å². The SMILES string of the molecule is CCN(C(=O)CNC(=O)Cc1ccccc1F)c1ccccc1. The largest absolute Gasteiger partial charge is 0.347 e. The Labute approximate surface area is 134 Å². The number of nitrogens with zero attached hydrogens (tertiary/aromatic N) is 1. The van der Waals surface area contributed by atoms with E-state index >= 15 is 0 Å². The van der Waals surface area contributed by atoms with Crippen LogP contribution in [0.4, 0.5) is 10.1 Å². The average Bonchev–Trinajstić information content (AvgIpc) is 2.57. The van der Waals surface area contributed by atoms with Crippen LogP contribution in [0.5, 0.6) is 0 Å². The van der Waals surface area contributed by atoms with E-state index < -0.39 is 5.82 Å². The van der Waals surface area contributed by atoms with Crippen molar-refractivity contribution >= 4 is 17.5 Å². The van der Waals surface area contributed by atoms with E-state index in [0.29, 0.717) is 12.1 Å². The number of para-hydroxylation sites is 1. The lowest BCUT2D eigenvalue weighted by molar-refractivity contribution is -0.124. The molecule has 0 radical (unpaired) electrons. The molecule has 5 heteroatoms. The number of rotatable bonds is 6. The maximum Gasteiger partial charge on any atom is 0.246 e. The molecule has 0 aliphatic carbocycles. The molecule has 120 valence electrons. The Hall–Kier alpha value is -2.69. The van der Waals surface area contributed by atoms with Crippen LogP contribution >= 0.6 is 0 Å². The van der Waals surface area contributed by atoms with Crippen molar-refractivity contribution in [3.8, 4) is 0 Å². The summed E-state index contributed by atoms with van der Waals surface area (Å²) in [5, 5.41) is 2.55. The Balaban J connectivity index is 1.90. The van der Waals surface area contributed by atoms with Crippen LogP contribution in [0.3, 0.4) is 0 Å². The van der Waals surface area contributed by atoms with Crippen molar-refractivity contribution in [1.82, 2.24) is 5.32 Å². The molecule has 0 aliphatic heterocycles. The van der Waals surface area contributed by atoms with Crippen LogP contribution < -0.4 is 10.2 Å². The van der Waals surface area contributed by atoms with Crippen molar-refractivity contribution in [2.24, 2.45) is 0 Å². The lowest BCUT2D eigenvalue weighted by Crippen LogP contribution is -2.40. The quantitative estimate of drug-likeness (QED) is 0.891. The van der Waals surface area contributed by atoms with E-state index in [9.17, 15) is 14.0 Å². The Morgan fingerprint density at radius 3 is 2.35 bits per heavy atom. The first-order valence-electron chi connectivity index (χ1n) is 7.47. The van der Waals surface area contributed by atoms with E-state index in [0.717, 1.165) is 5.69 Å². The van der Waals surface area contributed by atoms with Crippen LogP contribution in [-0.2, 0) is 16.0 Å². The van der Waals surface area contributed by atoms with Gasteiger partial charge in [-0.3, -0.25) is 9.59 Å². The van der Waals surface area contributed by atoms with Gasteiger partial charge in [0.1, 0.15) is 5.82 Å². The molecule has 0 unspecified atom stereocenters. The van der Waals surface area contributed by atoms with Crippen LogP contribution in [0, 0.1) is 5.82 Å². The molecular formula is C18H19FN2O2. The van der Waals surface area contributed by atoms with Gasteiger partial charge < -0.3 is 10.2 Å². The summed E-state index contributed by atoms with van der Waals surface area (Å²) in [5.41, 5.74) is 1.09. The van der Waals surface area contributed by atoms with E-state index in [1.54, 1.807) is 23.1 Å². The standard InChI is InChI=1S/C18H19FN2O2/c1-2-21(15-9-4-3-5-10-15)18(23)13-20-17(22)12-14-8-6-7-11-16(14)19/h3-11H,2,12-13H2,1H3,(H,20,22). The predicted octanol–water partition coefficient (Wildman–Crippen LogP) is 2.54. The first kappa shape index (κ1) is 16.7. The molecule has 0 atom stereocenters. The fourth-order valence-corrected chi connectivity index (χ4v) is 2.26. The van der Waals surface area contributed by atoms with Gasteiger partial charge in [-0.1, -0.05) is 36.4 Å². The lowest BCUT2D eigenvalue weighted by Gasteiger charge is -2.21. The second-order valence-corrected chi connectivity index (χ2v) is 5.02. The molecular weight excluding hydrogens is 295 g/mol. The van der Waals surface area contributed by atoms with Crippen LogP contribution in [-0.4, -0.2) is 24.9 Å². The fraction of sp³-hybridized carbons (Fsp3) is 0.222. The maximum absolute atomic E-state index is 13.5. The second-order valence-electron chi connectivity index (χ2n) is 5.02. The number of carbonyl (C=O) groups excluding carboxylic acids is 2. The summed E-state index contributed by atoms with van der Waals surface area (Å²) in [6.07, 6.45) is -0.0859. The highest BCUT2D eigenvalue weighted by molar-refractivity contribution is 5.96. The summed E-state index contributed by atoms with van der Waals surface area (Å²) in [5.74, 6) is -1.01. The zero-order chi connectivity index (χ0) is 16.7. The molecule has 2 rings (SSSR count). The Bertz CT molecular complexity index is 674. The molecule has 0 saturated heterocycles. The Kier molecular flexibility index (Phi) is 5.86. The fourth-order valence-electron chi connectivity index (χ4n) is 2.26. The van der Waals surface area contributed by atoms with Gasteiger partial charge in [-0.05, 0) is 30.7 Å². The van der Waals surface area contributed by atoms with Gasteiger partial charge in [0.2, 0.25) is 11.8 Å². The van der Waals surface area contributed by atoms with Gasteiger partial charge in [-0.2, -0.15) is 0 Å². The Morgan fingerprint density at radius 1 is 1.04 bits per heavy atom. The van der Waals surface area contributed by atoms with Crippen molar-refractivity contribution in [2.45, 2.75) is 13.3 Å². The molecule has 0 aromatic heterocycles. The predicted molar refractivity (Wildman–Crippen MR) is 87.6 cm³/mol. The summed E-state index contributed by atoms with van der Waals surface area (Å²) < 4.78 is 13.5. The highest BCUT2D eigenvalue weighted by Gasteiger charge is 2.15. The normalized spacial score (nSPS) is 10.2. The molecule has 1 N–H and O–H groups in total. The summed E-state index contributed by atoms with van der Waals surface area (Å²) in [6.45, 7) is 2.26. The van der Waals surface area contributed by atoms with E-state index in [1.807, 2.05) is 37.3 Å². The average molecular weight is 314 g/mol.